The van der Waals surface area contributed by atoms with Crippen LogP contribution in [-0.4, -0.2) is 88.4 Å². The normalized spacial score (nSPS) is 23.4. The predicted octanol–water partition coefficient (Wildman–Crippen LogP) is 5.32. The SMILES string of the molecule is CCOCCOc1ccc2c(COc3cccc4[nH]c(C(=O)O)cc34)coc2c1.C[C@H]1CN(CCC2(O)CCC(N)CC2)CC[C@@H]1O. The van der Waals surface area contributed by atoms with Crippen LogP contribution in [0.3, 0.4) is 0 Å². The fourth-order valence-electron chi connectivity index (χ4n) is 6.37. The van der Waals surface area contributed by atoms with E-state index in [4.69, 9.17) is 24.4 Å². The van der Waals surface area contributed by atoms with Gasteiger partial charge in [0.05, 0.1) is 24.6 Å². The number of nitrogens with zero attached hydrogens (tertiary/aromatic N) is 1. The Morgan fingerprint density at radius 2 is 1.91 bits per heavy atom. The number of likely N-dealkylation sites (tertiary alicyclic amines) is 1. The molecule has 2 aromatic heterocycles. The second-order valence-corrected chi connectivity index (χ2v) is 12.9. The zero-order valence-corrected chi connectivity index (χ0v) is 27.5. The summed E-state index contributed by atoms with van der Waals surface area (Å²) in [5, 5.41) is 31.0. The Balaban J connectivity index is 0.000000207. The molecule has 2 fully saturated rings. The molecule has 4 aromatic rings. The number of aliphatic hydroxyl groups excluding tert-OH is 1. The topological polar surface area (TPSA) is 164 Å². The van der Waals surface area contributed by atoms with E-state index in [-0.39, 0.29) is 17.8 Å². The summed E-state index contributed by atoms with van der Waals surface area (Å²) in [4.78, 5) is 16.4. The third-order valence-corrected chi connectivity index (χ3v) is 9.36. The summed E-state index contributed by atoms with van der Waals surface area (Å²) in [6.45, 7) is 8.89. The Morgan fingerprint density at radius 3 is 2.66 bits per heavy atom. The first-order valence-electron chi connectivity index (χ1n) is 16.7. The van der Waals surface area contributed by atoms with Crippen LogP contribution in [0.1, 0.15) is 68.4 Å². The number of furan rings is 1. The molecule has 3 heterocycles. The molecule has 0 radical (unpaired) electrons. The number of aromatic amines is 1. The molecular weight excluding hydrogens is 602 g/mol. The molecule has 256 valence electrons. The van der Waals surface area contributed by atoms with Crippen LogP contribution >= 0.6 is 0 Å². The molecule has 6 N–H and O–H groups in total. The number of aliphatic hydroxyl groups is 2. The number of hydrogen-bond donors (Lipinski definition) is 5. The van der Waals surface area contributed by atoms with E-state index in [2.05, 4.69) is 16.8 Å². The standard InChI is InChI=1S/C22H21NO6.C14H28N2O2/c1-2-26-8-9-27-15-6-7-16-14(13-29-21(16)10-15)12-28-20-5-3-4-18-17(20)11-19(23-18)22(24)25;1-11-10-16(8-4-13(11)17)9-7-14(18)5-2-12(15)3-6-14/h3-7,10-11,13,23H,2,8-9,12H2,1H3,(H,24,25);11-13,17-18H,2-10,15H2,1H3/t;11-,12?,13-,14?/m.0/s1. The molecule has 0 spiro atoms. The predicted molar refractivity (Wildman–Crippen MR) is 180 cm³/mol. The highest BCUT2D eigenvalue weighted by atomic mass is 16.5. The first-order chi connectivity index (χ1) is 22.6. The third-order valence-electron chi connectivity index (χ3n) is 9.36. The van der Waals surface area contributed by atoms with Gasteiger partial charge in [0.25, 0.3) is 0 Å². The second-order valence-electron chi connectivity index (χ2n) is 12.9. The number of rotatable bonds is 12. The zero-order valence-electron chi connectivity index (χ0n) is 27.5. The Hall–Kier alpha value is -3.61. The average Bonchev–Trinajstić information content (AvgIpc) is 3.69. The first-order valence-corrected chi connectivity index (χ1v) is 16.7. The minimum Gasteiger partial charge on any atom is -0.491 e. The quantitative estimate of drug-likeness (QED) is 0.127. The maximum absolute atomic E-state index is 11.2. The lowest BCUT2D eigenvalue weighted by molar-refractivity contribution is -0.0252. The van der Waals surface area contributed by atoms with Crippen LogP contribution in [0, 0.1) is 5.92 Å². The summed E-state index contributed by atoms with van der Waals surface area (Å²) < 4.78 is 22.5. The van der Waals surface area contributed by atoms with E-state index in [1.165, 1.54) is 0 Å². The smallest absolute Gasteiger partial charge is 0.352 e. The first kappa shape index (κ1) is 34.7. The number of carboxylic acid groups (broad SMARTS) is 1. The molecule has 47 heavy (non-hydrogen) atoms. The van der Waals surface area contributed by atoms with Gasteiger partial charge in [-0.1, -0.05) is 13.0 Å². The van der Waals surface area contributed by atoms with Gasteiger partial charge in [0, 0.05) is 60.2 Å². The maximum Gasteiger partial charge on any atom is 0.352 e. The third kappa shape index (κ3) is 9.27. The van der Waals surface area contributed by atoms with Gasteiger partial charge in [0.2, 0.25) is 0 Å². The molecule has 1 saturated heterocycles. The van der Waals surface area contributed by atoms with Crippen LogP contribution < -0.4 is 15.2 Å². The molecule has 11 nitrogen and oxygen atoms in total. The molecule has 0 amide bonds. The van der Waals surface area contributed by atoms with Crippen LogP contribution in [0.5, 0.6) is 11.5 Å². The summed E-state index contributed by atoms with van der Waals surface area (Å²) in [6, 6.07) is 13.0. The molecule has 0 unspecified atom stereocenters. The van der Waals surface area contributed by atoms with Crippen LogP contribution in [-0.2, 0) is 11.3 Å². The lowest BCUT2D eigenvalue weighted by Gasteiger charge is -2.39. The molecule has 11 heteroatoms. The van der Waals surface area contributed by atoms with Gasteiger partial charge in [-0.05, 0) is 81.7 Å². The molecule has 2 aliphatic rings. The Bertz CT molecular complexity index is 1590. The number of aromatic nitrogens is 1. The van der Waals surface area contributed by atoms with Crippen LogP contribution in [0.15, 0.2) is 53.1 Å². The Morgan fingerprint density at radius 1 is 1.11 bits per heavy atom. The summed E-state index contributed by atoms with van der Waals surface area (Å²) in [5.74, 6) is 0.675. The minimum atomic E-state index is -1.01. The van der Waals surface area contributed by atoms with E-state index in [1.807, 2.05) is 43.3 Å². The van der Waals surface area contributed by atoms with Gasteiger partial charge in [0.1, 0.15) is 36.0 Å². The lowest BCUT2D eigenvalue weighted by atomic mass is 9.80. The number of benzene rings is 2. The van der Waals surface area contributed by atoms with E-state index in [9.17, 15) is 20.1 Å². The summed E-state index contributed by atoms with van der Waals surface area (Å²) in [7, 11) is 0. The van der Waals surface area contributed by atoms with E-state index < -0.39 is 11.6 Å². The summed E-state index contributed by atoms with van der Waals surface area (Å²) in [6.07, 6.45) is 6.83. The lowest BCUT2D eigenvalue weighted by Crippen LogP contribution is -2.45. The number of hydrogen-bond acceptors (Lipinski definition) is 9. The highest BCUT2D eigenvalue weighted by Crippen LogP contribution is 2.32. The van der Waals surface area contributed by atoms with Gasteiger partial charge in [-0.25, -0.2) is 4.79 Å². The molecule has 1 saturated carbocycles. The molecule has 2 aromatic carbocycles. The van der Waals surface area contributed by atoms with Crippen molar-refractivity contribution in [1.82, 2.24) is 9.88 Å². The van der Waals surface area contributed by atoms with Crippen molar-refractivity contribution in [2.24, 2.45) is 11.7 Å². The van der Waals surface area contributed by atoms with Crippen molar-refractivity contribution in [3.63, 3.8) is 0 Å². The van der Waals surface area contributed by atoms with Crippen molar-refractivity contribution >= 4 is 27.8 Å². The molecular formula is C36H49N3O8. The number of fused-ring (bicyclic) bond motifs is 2. The number of aromatic carboxylic acids is 1. The number of ether oxygens (including phenoxy) is 3. The van der Waals surface area contributed by atoms with Gasteiger partial charge < -0.3 is 49.6 Å². The number of H-pyrrole nitrogens is 1. The van der Waals surface area contributed by atoms with E-state index >= 15 is 0 Å². The number of nitrogens with two attached hydrogens (primary N) is 1. The molecule has 1 aliphatic carbocycles. The minimum absolute atomic E-state index is 0.127. The average molecular weight is 652 g/mol. The molecule has 1 aliphatic heterocycles. The summed E-state index contributed by atoms with van der Waals surface area (Å²) in [5.41, 5.74) is 7.84. The van der Waals surface area contributed by atoms with Gasteiger partial charge in [-0.2, -0.15) is 0 Å². The van der Waals surface area contributed by atoms with E-state index in [1.54, 1.807) is 12.3 Å². The molecule has 2 atom stereocenters. The zero-order chi connectivity index (χ0) is 33.4. The van der Waals surface area contributed by atoms with Crippen molar-refractivity contribution < 1.29 is 38.7 Å². The van der Waals surface area contributed by atoms with Crippen molar-refractivity contribution in [1.29, 1.82) is 0 Å². The van der Waals surface area contributed by atoms with Crippen LogP contribution in [0.4, 0.5) is 0 Å². The molecule has 6 rings (SSSR count). The van der Waals surface area contributed by atoms with Crippen LogP contribution in [0.2, 0.25) is 0 Å². The number of piperidine rings is 1. The monoisotopic (exact) mass is 651 g/mol. The van der Waals surface area contributed by atoms with Crippen LogP contribution in [0.25, 0.3) is 21.9 Å². The second kappa shape index (κ2) is 16.0. The maximum atomic E-state index is 11.2. The van der Waals surface area contributed by atoms with Crippen molar-refractivity contribution in [3.8, 4) is 11.5 Å². The van der Waals surface area contributed by atoms with Crippen molar-refractivity contribution in [2.75, 3.05) is 39.5 Å². The number of nitrogens with one attached hydrogen (secondary N) is 1. The fourth-order valence-corrected chi connectivity index (χ4v) is 6.37. The Kier molecular flexibility index (Phi) is 11.8. The van der Waals surface area contributed by atoms with E-state index in [0.717, 1.165) is 80.2 Å². The van der Waals surface area contributed by atoms with Gasteiger partial charge in [0.15, 0.2) is 0 Å². The van der Waals surface area contributed by atoms with Crippen molar-refractivity contribution in [2.45, 2.75) is 76.7 Å². The highest BCUT2D eigenvalue weighted by molar-refractivity contribution is 5.96. The Labute approximate surface area is 275 Å². The number of carboxylic acids is 1. The summed E-state index contributed by atoms with van der Waals surface area (Å²) >= 11 is 0. The molecule has 0 bridgehead atoms. The van der Waals surface area contributed by atoms with Gasteiger partial charge >= 0.3 is 5.97 Å². The van der Waals surface area contributed by atoms with Crippen molar-refractivity contribution in [3.05, 3.63) is 60.0 Å². The van der Waals surface area contributed by atoms with Gasteiger partial charge in [-0.3, -0.25) is 0 Å². The largest absolute Gasteiger partial charge is 0.491 e. The fraction of sp³-hybridized carbons (Fsp3) is 0.528. The van der Waals surface area contributed by atoms with E-state index in [0.29, 0.717) is 49.2 Å². The van der Waals surface area contributed by atoms with Gasteiger partial charge in [-0.15, -0.1) is 0 Å². The number of carbonyl (C=O) groups is 1. The highest BCUT2D eigenvalue weighted by Gasteiger charge is 2.33.